The topological polar surface area (TPSA) is 86.6 Å². The Hall–Kier alpha value is -2.48. The molecule has 0 aromatic heterocycles. The van der Waals surface area contributed by atoms with Crippen molar-refractivity contribution in [3.05, 3.63) is 47.5 Å². The molecule has 0 saturated heterocycles. The molecular formula is C33H44O7. The van der Waals surface area contributed by atoms with Gasteiger partial charge in [-0.3, -0.25) is 0 Å². The van der Waals surface area contributed by atoms with Crippen LogP contribution in [-0.4, -0.2) is 48.8 Å². The SMILES string of the molecule is COCCC[C@H]1Oc2ccc(OC3CCCCC3)cc2[C@H](O)[C@@H]1[C@H]1COc2ccc(OC3CCCC3)cc2[C@H]1O. The molecule has 2 saturated carbocycles. The van der Waals surface area contributed by atoms with Gasteiger partial charge in [0, 0.05) is 36.7 Å². The number of aliphatic hydroxyl groups excluding tert-OH is 2. The van der Waals surface area contributed by atoms with E-state index in [1.807, 2.05) is 36.4 Å². The van der Waals surface area contributed by atoms with E-state index >= 15 is 0 Å². The quantitative estimate of drug-likeness (QED) is 0.353. The Bertz CT molecular complexity index is 1120. The Kier molecular flexibility index (Phi) is 8.70. The molecule has 0 unspecified atom stereocenters. The van der Waals surface area contributed by atoms with E-state index in [1.165, 1.54) is 32.1 Å². The molecule has 4 aliphatic rings. The van der Waals surface area contributed by atoms with Crippen molar-refractivity contribution in [2.45, 2.75) is 101 Å². The average Bonchev–Trinajstić information content (AvgIpc) is 3.48. The number of benzene rings is 2. The Morgan fingerprint density at radius 1 is 0.775 bits per heavy atom. The lowest BCUT2D eigenvalue weighted by Crippen LogP contribution is -2.46. The largest absolute Gasteiger partial charge is 0.493 e. The summed E-state index contributed by atoms with van der Waals surface area (Å²) in [5.41, 5.74) is 1.44. The summed E-state index contributed by atoms with van der Waals surface area (Å²) in [6.07, 6.45) is 10.4. The molecule has 218 valence electrons. The Balaban J connectivity index is 1.25. The minimum absolute atomic E-state index is 0.219. The molecule has 0 radical (unpaired) electrons. The van der Waals surface area contributed by atoms with Crippen LogP contribution in [0.4, 0.5) is 0 Å². The van der Waals surface area contributed by atoms with E-state index in [4.69, 9.17) is 23.7 Å². The van der Waals surface area contributed by atoms with E-state index in [0.717, 1.165) is 54.7 Å². The van der Waals surface area contributed by atoms with Gasteiger partial charge in [0.15, 0.2) is 0 Å². The fourth-order valence-electron chi connectivity index (χ4n) is 7.15. The zero-order chi connectivity index (χ0) is 27.5. The molecule has 2 N–H and O–H groups in total. The number of aliphatic hydroxyl groups is 2. The lowest BCUT2D eigenvalue weighted by atomic mass is 9.73. The van der Waals surface area contributed by atoms with Gasteiger partial charge in [-0.1, -0.05) is 6.42 Å². The van der Waals surface area contributed by atoms with Crippen LogP contribution < -0.4 is 18.9 Å². The second kappa shape index (κ2) is 12.6. The minimum atomic E-state index is -0.825. The normalized spacial score (nSPS) is 28.7. The first-order chi connectivity index (χ1) is 19.6. The smallest absolute Gasteiger partial charge is 0.125 e. The molecule has 7 heteroatoms. The predicted octanol–water partition coefficient (Wildman–Crippen LogP) is 6.30. The number of hydrogen-bond acceptors (Lipinski definition) is 7. The van der Waals surface area contributed by atoms with Gasteiger partial charge in [-0.2, -0.15) is 0 Å². The average molecular weight is 553 g/mol. The van der Waals surface area contributed by atoms with Crippen molar-refractivity contribution < 1.29 is 33.9 Å². The maximum atomic E-state index is 11.9. The summed E-state index contributed by atoms with van der Waals surface area (Å²) in [5, 5.41) is 23.6. The number of ether oxygens (including phenoxy) is 5. The molecule has 2 fully saturated rings. The highest BCUT2D eigenvalue weighted by atomic mass is 16.5. The van der Waals surface area contributed by atoms with Crippen molar-refractivity contribution in [2.75, 3.05) is 20.3 Å². The molecule has 6 rings (SSSR count). The summed E-state index contributed by atoms with van der Waals surface area (Å²) < 4.78 is 30.6. The minimum Gasteiger partial charge on any atom is -0.493 e. The Morgan fingerprint density at radius 3 is 2.02 bits per heavy atom. The predicted molar refractivity (Wildman–Crippen MR) is 151 cm³/mol. The van der Waals surface area contributed by atoms with Gasteiger partial charge in [-0.05, 0) is 101 Å². The fraction of sp³-hybridized carbons (Fsp3) is 0.636. The van der Waals surface area contributed by atoms with E-state index in [2.05, 4.69) is 0 Å². The second-order valence-corrected chi connectivity index (χ2v) is 12.0. The van der Waals surface area contributed by atoms with E-state index in [0.29, 0.717) is 31.1 Å². The Labute approximate surface area is 237 Å². The molecular weight excluding hydrogens is 508 g/mol. The maximum Gasteiger partial charge on any atom is 0.125 e. The molecule has 2 aromatic rings. The summed E-state index contributed by atoms with van der Waals surface area (Å²) in [6.45, 7) is 0.911. The van der Waals surface area contributed by atoms with Gasteiger partial charge >= 0.3 is 0 Å². The van der Waals surface area contributed by atoms with E-state index in [1.54, 1.807) is 7.11 Å². The molecule has 2 aliphatic heterocycles. The third-order valence-electron chi connectivity index (χ3n) is 9.30. The highest BCUT2D eigenvalue weighted by molar-refractivity contribution is 5.46. The number of fused-ring (bicyclic) bond motifs is 2. The van der Waals surface area contributed by atoms with Crippen LogP contribution in [0.15, 0.2) is 36.4 Å². The zero-order valence-electron chi connectivity index (χ0n) is 23.6. The zero-order valence-corrected chi connectivity index (χ0v) is 23.6. The van der Waals surface area contributed by atoms with Gasteiger partial charge in [0.2, 0.25) is 0 Å². The van der Waals surface area contributed by atoms with Crippen LogP contribution in [0.1, 0.15) is 94.0 Å². The molecule has 7 nitrogen and oxygen atoms in total. The summed E-state index contributed by atoms with van der Waals surface area (Å²) in [6, 6.07) is 11.6. The molecule has 0 spiro atoms. The van der Waals surface area contributed by atoms with Crippen molar-refractivity contribution >= 4 is 0 Å². The fourth-order valence-corrected chi connectivity index (χ4v) is 7.15. The lowest BCUT2D eigenvalue weighted by Gasteiger charge is -2.44. The van der Waals surface area contributed by atoms with Crippen molar-refractivity contribution in [1.82, 2.24) is 0 Å². The summed E-state index contributed by atoms with van der Waals surface area (Å²) in [7, 11) is 1.69. The molecule has 40 heavy (non-hydrogen) atoms. The summed E-state index contributed by atoms with van der Waals surface area (Å²) in [5.74, 6) is 2.17. The molecule has 0 bridgehead atoms. The van der Waals surface area contributed by atoms with Gasteiger partial charge in [-0.25, -0.2) is 0 Å². The molecule has 2 aliphatic carbocycles. The van der Waals surface area contributed by atoms with Crippen molar-refractivity contribution in [3.63, 3.8) is 0 Å². The van der Waals surface area contributed by atoms with Crippen LogP contribution in [0.2, 0.25) is 0 Å². The van der Waals surface area contributed by atoms with E-state index in [-0.39, 0.29) is 30.1 Å². The molecule has 0 amide bonds. The van der Waals surface area contributed by atoms with Crippen molar-refractivity contribution in [1.29, 1.82) is 0 Å². The van der Waals surface area contributed by atoms with E-state index in [9.17, 15) is 10.2 Å². The standard InChI is InChI=1S/C33H44O7/c1-36-17-7-12-30-31(33(35)26-19-24(14-16-29(26)40-30)38-21-8-3-2-4-9-21)27-20-37-28-15-13-23(18-25(28)32(27)34)39-22-10-5-6-11-22/h13-16,18-19,21-22,27,30-35H,2-12,17,20H2,1H3/t27-,30-,31-,32-,33+/m1/s1. The van der Waals surface area contributed by atoms with Gasteiger partial charge in [-0.15, -0.1) is 0 Å². The number of methoxy groups -OCH3 is 1. The Morgan fingerprint density at radius 2 is 1.38 bits per heavy atom. The highest BCUT2D eigenvalue weighted by Crippen LogP contribution is 2.50. The summed E-state index contributed by atoms with van der Waals surface area (Å²) in [4.78, 5) is 0. The van der Waals surface area contributed by atoms with Crippen LogP contribution in [0.25, 0.3) is 0 Å². The van der Waals surface area contributed by atoms with Crippen molar-refractivity contribution in [2.24, 2.45) is 11.8 Å². The second-order valence-electron chi connectivity index (χ2n) is 12.0. The monoisotopic (exact) mass is 552 g/mol. The number of hydrogen-bond donors (Lipinski definition) is 2. The first-order valence-electron chi connectivity index (χ1n) is 15.4. The van der Waals surface area contributed by atoms with Crippen LogP contribution in [0, 0.1) is 11.8 Å². The van der Waals surface area contributed by atoms with Crippen LogP contribution in [0.5, 0.6) is 23.0 Å². The third-order valence-corrected chi connectivity index (χ3v) is 9.30. The van der Waals surface area contributed by atoms with Gasteiger partial charge in [0.05, 0.1) is 31.0 Å². The van der Waals surface area contributed by atoms with Crippen LogP contribution in [0.3, 0.4) is 0 Å². The van der Waals surface area contributed by atoms with Crippen LogP contribution >= 0.6 is 0 Å². The number of rotatable bonds is 9. The first-order valence-corrected chi connectivity index (χ1v) is 15.4. The van der Waals surface area contributed by atoms with Crippen molar-refractivity contribution in [3.8, 4) is 23.0 Å². The van der Waals surface area contributed by atoms with Gasteiger partial charge < -0.3 is 33.9 Å². The third kappa shape index (κ3) is 5.93. The van der Waals surface area contributed by atoms with E-state index < -0.39 is 12.2 Å². The first kappa shape index (κ1) is 27.7. The lowest BCUT2D eigenvalue weighted by molar-refractivity contribution is -0.0888. The molecule has 2 heterocycles. The van der Waals surface area contributed by atoms with Crippen LogP contribution in [-0.2, 0) is 4.74 Å². The maximum absolute atomic E-state index is 11.9. The van der Waals surface area contributed by atoms with Gasteiger partial charge in [0.1, 0.15) is 29.1 Å². The highest BCUT2D eigenvalue weighted by Gasteiger charge is 2.47. The molecule has 5 atom stereocenters. The van der Waals surface area contributed by atoms with Gasteiger partial charge in [0.25, 0.3) is 0 Å². The summed E-state index contributed by atoms with van der Waals surface area (Å²) >= 11 is 0. The molecule has 2 aromatic carbocycles.